The lowest BCUT2D eigenvalue weighted by atomic mass is 10.0. The molecule has 188 valence electrons. The molecule has 2 unspecified atom stereocenters. The van der Waals surface area contributed by atoms with Crippen molar-refractivity contribution in [1.82, 2.24) is 10.0 Å². The summed E-state index contributed by atoms with van der Waals surface area (Å²) in [5, 5.41) is 12.4. The van der Waals surface area contributed by atoms with Crippen molar-refractivity contribution in [3.05, 3.63) is 72.6 Å². The van der Waals surface area contributed by atoms with E-state index in [1.54, 1.807) is 30.3 Å². The molecule has 0 radical (unpaired) electrons. The van der Waals surface area contributed by atoms with E-state index in [9.17, 15) is 27.5 Å². The second-order valence-electron chi connectivity index (χ2n) is 8.90. The summed E-state index contributed by atoms with van der Waals surface area (Å²) in [5.41, 5.74) is -0.814. The Balaban J connectivity index is 1.86. The number of benzene rings is 2. The van der Waals surface area contributed by atoms with E-state index in [1.807, 2.05) is 13.8 Å². The fourth-order valence-electron chi connectivity index (χ4n) is 4.01. The van der Waals surface area contributed by atoms with Gasteiger partial charge in [-0.05, 0) is 66.6 Å². The third kappa shape index (κ3) is 6.26. The number of carbonyl (C=O) groups excluding carboxylic acids is 1. The van der Waals surface area contributed by atoms with Gasteiger partial charge in [-0.3, -0.25) is 4.79 Å². The van der Waals surface area contributed by atoms with E-state index >= 15 is 0 Å². The molecule has 0 spiro atoms. The van der Waals surface area contributed by atoms with Gasteiger partial charge in [0.1, 0.15) is 29.8 Å². The zero-order chi connectivity index (χ0) is 25.8. The summed E-state index contributed by atoms with van der Waals surface area (Å²) in [6, 6.07) is 9.60. The molecule has 2 aromatic rings. The minimum atomic E-state index is -4.21. The van der Waals surface area contributed by atoms with Crippen LogP contribution in [0.5, 0.6) is 5.75 Å². The number of sulfonamides is 1. The monoisotopic (exact) mass is 504 g/mol. The molecule has 3 rings (SSSR count). The molecule has 0 aliphatic heterocycles. The lowest BCUT2D eigenvalue weighted by molar-refractivity contribution is -0.144. The summed E-state index contributed by atoms with van der Waals surface area (Å²) in [4.78, 5) is 25.0. The van der Waals surface area contributed by atoms with Crippen molar-refractivity contribution in [3.8, 4) is 5.75 Å². The Hall–Kier alpha value is -3.24. The Kier molecular flexibility index (Phi) is 7.97. The van der Waals surface area contributed by atoms with Gasteiger partial charge in [0, 0.05) is 0 Å². The lowest BCUT2D eigenvalue weighted by Gasteiger charge is -2.23. The van der Waals surface area contributed by atoms with Gasteiger partial charge in [-0.1, -0.05) is 38.6 Å². The van der Waals surface area contributed by atoms with Gasteiger partial charge in [0.25, 0.3) is 0 Å². The molecule has 1 saturated carbocycles. The number of hydrogen-bond acceptors (Lipinski definition) is 5. The number of carboxylic acid groups (broad SMARTS) is 1. The molecule has 35 heavy (non-hydrogen) atoms. The molecule has 0 aromatic heterocycles. The predicted octanol–water partition coefficient (Wildman–Crippen LogP) is 2.90. The summed E-state index contributed by atoms with van der Waals surface area (Å²) in [7, 11) is -4.21. The van der Waals surface area contributed by atoms with Crippen LogP contribution in [0.4, 0.5) is 4.39 Å². The number of hydrogen-bond donors (Lipinski definition) is 3. The molecule has 2 aromatic carbocycles. The number of carbonyl (C=O) groups is 2. The van der Waals surface area contributed by atoms with Crippen molar-refractivity contribution in [2.24, 2.45) is 11.8 Å². The molecular formula is C25H29FN2O6S. The molecule has 1 aliphatic rings. The first-order valence-corrected chi connectivity index (χ1v) is 12.6. The van der Waals surface area contributed by atoms with E-state index < -0.39 is 39.3 Å². The van der Waals surface area contributed by atoms with Gasteiger partial charge in [-0.2, -0.15) is 4.72 Å². The first-order chi connectivity index (χ1) is 16.5. The molecule has 0 saturated heterocycles. The number of amides is 1. The van der Waals surface area contributed by atoms with Crippen LogP contribution in [-0.4, -0.2) is 43.6 Å². The summed E-state index contributed by atoms with van der Waals surface area (Å²) >= 11 is 0. The van der Waals surface area contributed by atoms with Crippen LogP contribution in [0.25, 0.3) is 0 Å². The van der Waals surface area contributed by atoms with Crippen molar-refractivity contribution in [3.63, 3.8) is 0 Å². The van der Waals surface area contributed by atoms with Crippen LogP contribution in [0.1, 0.15) is 25.8 Å². The fourth-order valence-corrected chi connectivity index (χ4v) is 5.21. The van der Waals surface area contributed by atoms with Crippen LogP contribution in [0.3, 0.4) is 0 Å². The van der Waals surface area contributed by atoms with Gasteiger partial charge in [-0.15, -0.1) is 0 Å². The SMILES string of the molecule is C=CCOc1ccc(C[C@H](NS(=O)(=O)c2ccc(F)cc2)C(=O)NC2(C(=O)O)CC2C(C)C)cc1. The first-order valence-electron chi connectivity index (χ1n) is 11.1. The van der Waals surface area contributed by atoms with Crippen LogP contribution < -0.4 is 14.8 Å². The highest BCUT2D eigenvalue weighted by molar-refractivity contribution is 7.89. The van der Waals surface area contributed by atoms with Gasteiger partial charge in [0.15, 0.2) is 0 Å². The molecule has 1 amide bonds. The van der Waals surface area contributed by atoms with Crippen LogP contribution >= 0.6 is 0 Å². The Labute approximate surface area is 204 Å². The van der Waals surface area contributed by atoms with Gasteiger partial charge >= 0.3 is 5.97 Å². The average molecular weight is 505 g/mol. The maximum atomic E-state index is 13.3. The number of halogens is 1. The van der Waals surface area contributed by atoms with Crippen LogP contribution in [0.2, 0.25) is 0 Å². The smallest absolute Gasteiger partial charge is 0.329 e. The summed E-state index contributed by atoms with van der Waals surface area (Å²) in [5.74, 6) is -2.19. The Morgan fingerprint density at radius 2 is 1.83 bits per heavy atom. The predicted molar refractivity (Wildman–Crippen MR) is 128 cm³/mol. The maximum absolute atomic E-state index is 13.3. The highest BCUT2D eigenvalue weighted by Crippen LogP contribution is 2.48. The number of aliphatic carboxylic acids is 1. The number of rotatable bonds is 12. The van der Waals surface area contributed by atoms with Crippen LogP contribution in [0.15, 0.2) is 66.1 Å². The van der Waals surface area contributed by atoms with Crippen LogP contribution in [-0.2, 0) is 26.0 Å². The Morgan fingerprint density at radius 1 is 1.20 bits per heavy atom. The van der Waals surface area contributed by atoms with Crippen molar-refractivity contribution in [2.45, 2.75) is 43.2 Å². The Bertz CT molecular complexity index is 1180. The number of carboxylic acids is 1. The average Bonchev–Trinajstić information content (AvgIpc) is 3.54. The molecule has 1 aliphatic carbocycles. The minimum Gasteiger partial charge on any atom is -0.490 e. The topological polar surface area (TPSA) is 122 Å². The number of nitrogens with one attached hydrogen (secondary N) is 2. The van der Waals surface area contributed by atoms with Crippen molar-refractivity contribution < 1.29 is 32.2 Å². The molecule has 0 bridgehead atoms. The summed E-state index contributed by atoms with van der Waals surface area (Å²) in [6.45, 7) is 7.63. The van der Waals surface area contributed by atoms with E-state index in [4.69, 9.17) is 4.74 Å². The molecule has 3 N–H and O–H groups in total. The van der Waals surface area contributed by atoms with Gasteiger partial charge in [-0.25, -0.2) is 17.6 Å². The molecule has 0 heterocycles. The molecule has 10 heteroatoms. The summed E-state index contributed by atoms with van der Waals surface area (Å²) < 4.78 is 47.0. The van der Waals surface area contributed by atoms with Gasteiger partial charge < -0.3 is 15.2 Å². The molecule has 1 fully saturated rings. The highest BCUT2D eigenvalue weighted by atomic mass is 32.2. The van der Waals surface area contributed by atoms with Crippen molar-refractivity contribution >= 4 is 21.9 Å². The normalized spacial score (nSPS) is 20.2. The quantitative estimate of drug-likeness (QED) is 0.382. The van der Waals surface area contributed by atoms with Gasteiger partial charge in [0.05, 0.1) is 4.90 Å². The van der Waals surface area contributed by atoms with E-state index in [-0.39, 0.29) is 29.6 Å². The van der Waals surface area contributed by atoms with E-state index in [2.05, 4.69) is 16.6 Å². The third-order valence-corrected chi connectivity index (χ3v) is 7.50. The largest absolute Gasteiger partial charge is 0.490 e. The standard InChI is InChI=1S/C25H29FN2O6S/c1-4-13-34-19-9-5-17(6-10-19)14-22(28-35(32,33)20-11-7-18(26)8-12-20)23(29)27-25(24(30)31)15-21(25)16(2)3/h4-12,16,21-22,28H,1,13-15H2,2-3H3,(H,27,29)(H,30,31)/t21?,22-,25?/m0/s1. The second kappa shape index (κ2) is 10.6. The fraction of sp³-hybridized carbons (Fsp3) is 0.360. The van der Waals surface area contributed by atoms with Gasteiger partial charge in [0.2, 0.25) is 15.9 Å². The second-order valence-corrected chi connectivity index (χ2v) is 10.6. The zero-order valence-corrected chi connectivity index (χ0v) is 20.3. The van der Waals surface area contributed by atoms with Crippen LogP contribution in [0, 0.1) is 17.7 Å². The van der Waals surface area contributed by atoms with E-state index in [0.29, 0.717) is 17.9 Å². The summed E-state index contributed by atoms with van der Waals surface area (Å²) in [6.07, 6.45) is 1.81. The highest BCUT2D eigenvalue weighted by Gasteiger charge is 2.62. The van der Waals surface area contributed by atoms with Crippen molar-refractivity contribution in [1.29, 1.82) is 0 Å². The van der Waals surface area contributed by atoms with E-state index in [0.717, 1.165) is 24.3 Å². The van der Waals surface area contributed by atoms with E-state index in [1.165, 1.54) is 0 Å². The molecule has 3 atom stereocenters. The minimum absolute atomic E-state index is 0.0175. The molecule has 8 nitrogen and oxygen atoms in total. The Morgan fingerprint density at radius 3 is 2.34 bits per heavy atom. The third-order valence-electron chi connectivity index (χ3n) is 6.02. The zero-order valence-electron chi connectivity index (χ0n) is 19.5. The van der Waals surface area contributed by atoms with Crippen molar-refractivity contribution in [2.75, 3.05) is 6.61 Å². The number of ether oxygens (including phenoxy) is 1. The first kappa shape index (κ1) is 26.4. The molecular weight excluding hydrogens is 475 g/mol. The lowest BCUT2D eigenvalue weighted by Crippen LogP contribution is -2.54. The maximum Gasteiger partial charge on any atom is 0.329 e.